The van der Waals surface area contributed by atoms with Gasteiger partial charge in [-0.3, -0.25) is 4.72 Å². The largest absolute Gasteiger partial charge is 0.494 e. The molecule has 1 N–H and O–H groups in total. The Balaban J connectivity index is 1.67. The van der Waals surface area contributed by atoms with E-state index in [9.17, 15) is 8.42 Å². The van der Waals surface area contributed by atoms with Crippen LogP contribution in [0, 0.1) is 6.92 Å². The van der Waals surface area contributed by atoms with Crippen molar-refractivity contribution in [2.45, 2.75) is 24.2 Å². The fraction of sp³-hybridized carbons (Fsp3) is 0.174. The Labute approximate surface area is 186 Å². The number of nitrogens with zero attached hydrogens (tertiary/aromatic N) is 2. The molecule has 0 saturated heterocycles. The van der Waals surface area contributed by atoms with Crippen molar-refractivity contribution in [3.05, 3.63) is 89.5 Å². The quantitative estimate of drug-likeness (QED) is 0.557. The van der Waals surface area contributed by atoms with E-state index in [2.05, 4.69) is 9.71 Å². The summed E-state index contributed by atoms with van der Waals surface area (Å²) in [7, 11) is -2.29. The van der Waals surface area contributed by atoms with E-state index >= 15 is 0 Å². The number of nitrogens with one attached hydrogen (secondary N) is 1. The zero-order valence-electron chi connectivity index (χ0n) is 17.1. The Hall–Kier alpha value is -3.03. The second-order valence-corrected chi connectivity index (χ2v) is 9.34. The summed E-state index contributed by atoms with van der Waals surface area (Å²) >= 11 is 6.15. The molecular formula is C23H22ClN3O3S. The molecule has 0 radical (unpaired) electrons. The van der Waals surface area contributed by atoms with Crippen LogP contribution in [0.2, 0.25) is 0 Å². The van der Waals surface area contributed by atoms with Crippen molar-refractivity contribution in [1.82, 2.24) is 9.55 Å². The highest BCUT2D eigenvalue weighted by atomic mass is 35.5. The Bertz CT molecular complexity index is 1280. The summed E-state index contributed by atoms with van der Waals surface area (Å²) in [6.45, 7) is 1.90. The number of rotatable bonds is 6. The van der Waals surface area contributed by atoms with Gasteiger partial charge < -0.3 is 9.30 Å². The van der Waals surface area contributed by atoms with Crippen LogP contribution in [0.15, 0.2) is 83.1 Å². The normalized spacial score (nSPS) is 16.1. The first-order valence-corrected chi connectivity index (χ1v) is 11.6. The highest BCUT2D eigenvalue weighted by Crippen LogP contribution is 2.34. The second kappa shape index (κ2) is 8.61. The zero-order valence-corrected chi connectivity index (χ0v) is 18.7. The molecule has 0 saturated carbocycles. The number of imidazole rings is 1. The number of hydrogen-bond donors (Lipinski definition) is 1. The van der Waals surface area contributed by atoms with Gasteiger partial charge in [-0.25, -0.2) is 13.4 Å². The Morgan fingerprint density at radius 2 is 2.03 bits per heavy atom. The maximum atomic E-state index is 13.3. The molecule has 0 spiro atoms. The zero-order chi connectivity index (χ0) is 22.0. The first kappa shape index (κ1) is 21.2. The molecule has 160 valence electrons. The maximum absolute atomic E-state index is 13.3. The van der Waals surface area contributed by atoms with E-state index in [4.69, 9.17) is 16.3 Å². The van der Waals surface area contributed by atoms with Crippen LogP contribution in [0.5, 0.6) is 5.75 Å². The monoisotopic (exact) mass is 455 g/mol. The van der Waals surface area contributed by atoms with E-state index < -0.39 is 10.0 Å². The van der Waals surface area contributed by atoms with Gasteiger partial charge in [0.1, 0.15) is 5.75 Å². The molecule has 2 aromatic carbocycles. The minimum absolute atomic E-state index is 0.105. The molecule has 1 unspecified atom stereocenters. The Kier molecular flexibility index (Phi) is 5.89. The van der Waals surface area contributed by atoms with Gasteiger partial charge in [0.15, 0.2) is 0 Å². The van der Waals surface area contributed by atoms with Crippen LogP contribution < -0.4 is 9.46 Å². The van der Waals surface area contributed by atoms with Gasteiger partial charge in [0.05, 0.1) is 35.4 Å². The number of aryl methyl sites for hydroxylation is 1. The molecule has 8 heteroatoms. The lowest BCUT2D eigenvalue weighted by Gasteiger charge is -2.19. The lowest BCUT2D eigenvalue weighted by molar-refractivity contribution is 0.413. The third kappa shape index (κ3) is 4.52. The molecule has 0 bridgehead atoms. The van der Waals surface area contributed by atoms with Gasteiger partial charge in [-0.2, -0.15) is 0 Å². The minimum Gasteiger partial charge on any atom is -0.494 e. The first-order valence-electron chi connectivity index (χ1n) is 9.72. The molecule has 3 aromatic rings. The van der Waals surface area contributed by atoms with E-state index in [1.54, 1.807) is 43.8 Å². The van der Waals surface area contributed by atoms with Crippen LogP contribution >= 0.6 is 11.6 Å². The summed E-state index contributed by atoms with van der Waals surface area (Å²) in [6.07, 6.45) is 9.89. The first-order chi connectivity index (χ1) is 14.9. The minimum atomic E-state index is -3.83. The van der Waals surface area contributed by atoms with Crippen molar-refractivity contribution < 1.29 is 13.2 Å². The number of benzene rings is 2. The molecule has 4 rings (SSSR count). The van der Waals surface area contributed by atoms with Crippen molar-refractivity contribution in [2.24, 2.45) is 0 Å². The molecule has 1 atom stereocenters. The van der Waals surface area contributed by atoms with Gasteiger partial charge >= 0.3 is 0 Å². The smallest absolute Gasteiger partial charge is 0.262 e. The van der Waals surface area contributed by atoms with Crippen LogP contribution in [0.4, 0.5) is 5.69 Å². The summed E-state index contributed by atoms with van der Waals surface area (Å²) in [5.41, 5.74) is 2.75. The fourth-order valence-electron chi connectivity index (χ4n) is 3.61. The van der Waals surface area contributed by atoms with E-state index in [0.717, 1.165) is 11.4 Å². The molecule has 0 aliphatic heterocycles. The highest BCUT2D eigenvalue weighted by Gasteiger charge is 2.23. The topological polar surface area (TPSA) is 73.2 Å². The lowest BCUT2D eigenvalue weighted by Crippen LogP contribution is -2.16. The number of anilines is 1. The Morgan fingerprint density at radius 1 is 1.23 bits per heavy atom. The average molecular weight is 456 g/mol. The second-order valence-electron chi connectivity index (χ2n) is 7.25. The number of allylic oxidation sites excluding steroid dienone is 4. The van der Waals surface area contributed by atoms with Crippen molar-refractivity contribution >= 4 is 27.3 Å². The molecule has 1 aliphatic rings. The number of sulfonamides is 1. The number of aromatic nitrogens is 2. The predicted octanol–water partition coefficient (Wildman–Crippen LogP) is 5.16. The van der Waals surface area contributed by atoms with Gasteiger partial charge in [-0.1, -0.05) is 42.0 Å². The summed E-state index contributed by atoms with van der Waals surface area (Å²) < 4.78 is 36.5. The van der Waals surface area contributed by atoms with E-state index in [-0.39, 0.29) is 10.8 Å². The van der Waals surface area contributed by atoms with Gasteiger partial charge in [-0.15, -0.1) is 0 Å². The van der Waals surface area contributed by atoms with E-state index in [0.29, 0.717) is 28.5 Å². The van der Waals surface area contributed by atoms with Crippen molar-refractivity contribution in [1.29, 1.82) is 0 Å². The molecule has 1 aliphatic carbocycles. The van der Waals surface area contributed by atoms with Gasteiger partial charge in [0.25, 0.3) is 10.0 Å². The molecular weight excluding hydrogens is 434 g/mol. The number of hydrogen-bond acceptors (Lipinski definition) is 4. The van der Waals surface area contributed by atoms with Crippen molar-refractivity contribution in [2.75, 3.05) is 11.8 Å². The predicted molar refractivity (Wildman–Crippen MR) is 123 cm³/mol. The van der Waals surface area contributed by atoms with E-state index in [1.807, 2.05) is 48.0 Å². The summed E-state index contributed by atoms with van der Waals surface area (Å²) in [6, 6.07) is 12.1. The number of ether oxygens (including phenoxy) is 1. The van der Waals surface area contributed by atoms with Crippen LogP contribution in [0.1, 0.15) is 23.6 Å². The number of halogens is 1. The summed E-state index contributed by atoms with van der Waals surface area (Å²) in [5.74, 6) is 0.421. The summed E-state index contributed by atoms with van der Waals surface area (Å²) in [4.78, 5) is 4.45. The molecule has 1 heterocycles. The highest BCUT2D eigenvalue weighted by molar-refractivity contribution is 7.92. The maximum Gasteiger partial charge on any atom is 0.262 e. The van der Waals surface area contributed by atoms with Crippen LogP contribution in [-0.4, -0.2) is 25.1 Å². The third-order valence-electron chi connectivity index (χ3n) is 5.06. The summed E-state index contributed by atoms with van der Waals surface area (Å²) in [5, 5.41) is 0.603. The van der Waals surface area contributed by atoms with Gasteiger partial charge in [0.2, 0.25) is 0 Å². The average Bonchev–Trinajstić information content (AvgIpc) is 3.19. The third-order valence-corrected chi connectivity index (χ3v) is 6.76. The lowest BCUT2D eigenvalue weighted by atomic mass is 9.92. The molecule has 1 aromatic heterocycles. The number of methoxy groups -OCH3 is 1. The SMILES string of the molecule is COc1cc(NS(=O)(=O)c2ccccc2C2C=C(Cl)C=CC2)ccc1-n1cnc(C)c1. The Morgan fingerprint density at radius 3 is 2.74 bits per heavy atom. The standard InChI is InChI=1S/C23H22ClN3O3S/c1-16-14-27(15-25-16)21-11-10-19(13-22(21)30-2)26-31(28,29)23-9-4-3-8-20(23)17-6-5-7-18(24)12-17/h3-5,7-15,17,26H,6H2,1-2H3. The molecule has 6 nitrogen and oxygen atoms in total. The molecule has 31 heavy (non-hydrogen) atoms. The molecule has 0 fully saturated rings. The fourth-order valence-corrected chi connectivity index (χ4v) is 5.18. The van der Waals surface area contributed by atoms with Crippen molar-refractivity contribution in [3.63, 3.8) is 0 Å². The van der Waals surface area contributed by atoms with Gasteiger partial charge in [0, 0.05) is 23.2 Å². The molecule has 0 amide bonds. The van der Waals surface area contributed by atoms with E-state index in [1.165, 1.54) is 0 Å². The van der Waals surface area contributed by atoms with Crippen LogP contribution in [0.3, 0.4) is 0 Å². The van der Waals surface area contributed by atoms with Gasteiger partial charge in [-0.05, 0) is 43.2 Å². The van der Waals surface area contributed by atoms with Crippen LogP contribution in [0.25, 0.3) is 5.69 Å². The van der Waals surface area contributed by atoms with Crippen LogP contribution in [-0.2, 0) is 10.0 Å². The van der Waals surface area contributed by atoms with Crippen molar-refractivity contribution in [3.8, 4) is 11.4 Å².